The van der Waals surface area contributed by atoms with E-state index in [2.05, 4.69) is 5.32 Å². The zero-order chi connectivity index (χ0) is 13.0. The number of nitrogens with zero attached hydrogens (tertiary/aromatic N) is 1. The van der Waals surface area contributed by atoms with Gasteiger partial charge in [-0.3, -0.25) is 4.79 Å². The van der Waals surface area contributed by atoms with Crippen LogP contribution in [0.15, 0.2) is 0 Å². The summed E-state index contributed by atoms with van der Waals surface area (Å²) < 4.78 is 0. The van der Waals surface area contributed by atoms with Gasteiger partial charge in [0.15, 0.2) is 0 Å². The third kappa shape index (κ3) is 3.37. The van der Waals surface area contributed by atoms with Gasteiger partial charge in [-0.25, -0.2) is 4.79 Å². The molecule has 1 saturated heterocycles. The molecule has 1 aliphatic heterocycles. The summed E-state index contributed by atoms with van der Waals surface area (Å²) in [5, 5.41) is 11.3. The van der Waals surface area contributed by atoms with E-state index in [0.717, 1.165) is 19.0 Å². The second-order valence-electron chi connectivity index (χ2n) is 5.44. The molecular formula is C13H22N2O3. The van der Waals surface area contributed by atoms with Crippen LogP contribution in [0.2, 0.25) is 0 Å². The first-order chi connectivity index (χ1) is 8.66. The predicted octanol–water partition coefficient (Wildman–Crippen LogP) is 1.68. The Kier molecular flexibility index (Phi) is 4.44. The first-order valence-electron chi connectivity index (χ1n) is 6.91. The summed E-state index contributed by atoms with van der Waals surface area (Å²) in [4.78, 5) is 23.8. The Morgan fingerprint density at radius 3 is 2.44 bits per heavy atom. The molecule has 0 spiro atoms. The highest BCUT2D eigenvalue weighted by molar-refractivity contribution is 5.75. The fourth-order valence-corrected chi connectivity index (χ4v) is 2.95. The maximum Gasteiger partial charge on any atom is 0.317 e. The standard InChI is InChI=1S/C13H22N2O3/c16-12(17)6-3-7-14-13(18)15-8-11(9-15)10-4-1-2-5-10/h10-11H,1-9H2,(H,14,18)(H,16,17). The Bertz CT molecular complexity index is 307. The van der Waals surface area contributed by atoms with Crippen molar-refractivity contribution in [1.29, 1.82) is 0 Å². The number of nitrogens with one attached hydrogen (secondary N) is 1. The molecule has 1 aliphatic carbocycles. The molecule has 102 valence electrons. The van der Waals surface area contributed by atoms with Crippen LogP contribution in [0, 0.1) is 11.8 Å². The summed E-state index contributed by atoms with van der Waals surface area (Å²) in [6, 6.07) is -0.0327. The van der Waals surface area contributed by atoms with Crippen molar-refractivity contribution in [1.82, 2.24) is 10.2 Å². The van der Waals surface area contributed by atoms with Crippen molar-refractivity contribution in [3.05, 3.63) is 0 Å². The average Bonchev–Trinajstić information content (AvgIpc) is 2.75. The van der Waals surface area contributed by atoms with Crippen molar-refractivity contribution >= 4 is 12.0 Å². The summed E-state index contributed by atoms with van der Waals surface area (Å²) >= 11 is 0. The topological polar surface area (TPSA) is 69.6 Å². The SMILES string of the molecule is O=C(O)CCCNC(=O)N1CC(C2CCCC2)C1. The molecule has 1 heterocycles. The highest BCUT2D eigenvalue weighted by Crippen LogP contribution is 2.36. The molecule has 5 nitrogen and oxygen atoms in total. The summed E-state index contributed by atoms with van der Waals surface area (Å²) in [7, 11) is 0. The highest BCUT2D eigenvalue weighted by Gasteiger charge is 2.36. The first-order valence-corrected chi connectivity index (χ1v) is 6.91. The first kappa shape index (κ1) is 13.2. The quantitative estimate of drug-likeness (QED) is 0.733. The van der Waals surface area contributed by atoms with Gasteiger partial charge in [-0.05, 0) is 18.3 Å². The van der Waals surface area contributed by atoms with Gasteiger partial charge in [0.2, 0.25) is 0 Å². The fourth-order valence-electron chi connectivity index (χ4n) is 2.95. The second kappa shape index (κ2) is 6.07. The summed E-state index contributed by atoms with van der Waals surface area (Å²) in [5.41, 5.74) is 0. The Morgan fingerprint density at radius 1 is 1.17 bits per heavy atom. The molecule has 2 rings (SSSR count). The molecule has 0 unspecified atom stereocenters. The van der Waals surface area contributed by atoms with Crippen molar-refractivity contribution in [2.24, 2.45) is 11.8 Å². The van der Waals surface area contributed by atoms with E-state index in [9.17, 15) is 9.59 Å². The number of hydrogen-bond donors (Lipinski definition) is 2. The number of hydrogen-bond acceptors (Lipinski definition) is 2. The van der Waals surface area contributed by atoms with Gasteiger partial charge in [0.25, 0.3) is 0 Å². The van der Waals surface area contributed by atoms with Gasteiger partial charge in [0.1, 0.15) is 0 Å². The van der Waals surface area contributed by atoms with Crippen molar-refractivity contribution in [2.75, 3.05) is 19.6 Å². The molecule has 0 aromatic heterocycles. The number of carboxylic acids is 1. The van der Waals surface area contributed by atoms with E-state index in [-0.39, 0.29) is 12.5 Å². The number of aliphatic carboxylic acids is 1. The lowest BCUT2D eigenvalue weighted by Gasteiger charge is -2.42. The lowest BCUT2D eigenvalue weighted by Crippen LogP contribution is -2.55. The van der Waals surface area contributed by atoms with Gasteiger partial charge in [0, 0.05) is 26.1 Å². The number of carboxylic acid groups (broad SMARTS) is 1. The van der Waals surface area contributed by atoms with Crippen LogP contribution in [0.4, 0.5) is 4.79 Å². The Labute approximate surface area is 108 Å². The zero-order valence-corrected chi connectivity index (χ0v) is 10.7. The maximum atomic E-state index is 11.7. The fraction of sp³-hybridized carbons (Fsp3) is 0.846. The lowest BCUT2D eigenvalue weighted by atomic mass is 9.85. The van der Waals surface area contributed by atoms with E-state index in [1.54, 1.807) is 0 Å². The third-order valence-electron chi connectivity index (χ3n) is 4.11. The number of likely N-dealkylation sites (tertiary alicyclic amines) is 1. The molecule has 2 fully saturated rings. The summed E-state index contributed by atoms with van der Waals surface area (Å²) in [6.07, 6.45) is 5.98. The molecule has 2 amide bonds. The Morgan fingerprint density at radius 2 is 1.83 bits per heavy atom. The largest absolute Gasteiger partial charge is 0.481 e. The molecule has 0 aromatic carbocycles. The highest BCUT2D eigenvalue weighted by atomic mass is 16.4. The molecule has 0 aromatic rings. The van der Waals surface area contributed by atoms with Crippen LogP contribution in [0.25, 0.3) is 0 Å². The zero-order valence-electron chi connectivity index (χ0n) is 10.7. The van der Waals surface area contributed by atoms with Gasteiger partial charge >= 0.3 is 12.0 Å². The molecule has 2 aliphatic rings. The number of carbonyl (C=O) groups excluding carboxylic acids is 1. The van der Waals surface area contributed by atoms with Gasteiger partial charge in [-0.15, -0.1) is 0 Å². The molecule has 0 radical (unpaired) electrons. The Balaban J connectivity index is 1.56. The van der Waals surface area contributed by atoms with Gasteiger partial charge in [-0.2, -0.15) is 0 Å². The van der Waals surface area contributed by atoms with Crippen LogP contribution in [-0.4, -0.2) is 41.6 Å². The third-order valence-corrected chi connectivity index (χ3v) is 4.11. The molecule has 2 N–H and O–H groups in total. The van der Waals surface area contributed by atoms with E-state index >= 15 is 0 Å². The van der Waals surface area contributed by atoms with Crippen LogP contribution in [0.3, 0.4) is 0 Å². The number of carbonyl (C=O) groups is 2. The molecule has 5 heteroatoms. The van der Waals surface area contributed by atoms with Crippen LogP contribution >= 0.6 is 0 Å². The number of rotatable bonds is 5. The summed E-state index contributed by atoms with van der Waals surface area (Å²) in [5.74, 6) is 0.729. The molecule has 18 heavy (non-hydrogen) atoms. The van der Waals surface area contributed by atoms with E-state index < -0.39 is 5.97 Å². The smallest absolute Gasteiger partial charge is 0.317 e. The Hall–Kier alpha value is -1.26. The number of amides is 2. The minimum atomic E-state index is -0.811. The van der Waals surface area contributed by atoms with Gasteiger partial charge < -0.3 is 15.3 Å². The van der Waals surface area contributed by atoms with Crippen molar-refractivity contribution in [3.63, 3.8) is 0 Å². The van der Waals surface area contributed by atoms with Crippen molar-refractivity contribution in [3.8, 4) is 0 Å². The summed E-state index contributed by atoms with van der Waals surface area (Å²) in [6.45, 7) is 2.22. The van der Waals surface area contributed by atoms with Crippen LogP contribution in [0.5, 0.6) is 0 Å². The normalized spacial score (nSPS) is 20.8. The minimum Gasteiger partial charge on any atom is -0.481 e. The predicted molar refractivity (Wildman–Crippen MR) is 67.3 cm³/mol. The molecule has 1 saturated carbocycles. The van der Waals surface area contributed by atoms with E-state index in [1.165, 1.54) is 25.7 Å². The minimum absolute atomic E-state index is 0.0327. The second-order valence-corrected chi connectivity index (χ2v) is 5.44. The van der Waals surface area contributed by atoms with Crippen LogP contribution in [-0.2, 0) is 4.79 Å². The average molecular weight is 254 g/mol. The molecule has 0 atom stereocenters. The van der Waals surface area contributed by atoms with Crippen molar-refractivity contribution in [2.45, 2.75) is 38.5 Å². The van der Waals surface area contributed by atoms with Crippen LogP contribution in [0.1, 0.15) is 38.5 Å². The lowest BCUT2D eigenvalue weighted by molar-refractivity contribution is -0.137. The molecule has 0 bridgehead atoms. The van der Waals surface area contributed by atoms with E-state index in [1.807, 2.05) is 4.90 Å². The monoisotopic (exact) mass is 254 g/mol. The number of urea groups is 1. The van der Waals surface area contributed by atoms with Crippen molar-refractivity contribution < 1.29 is 14.7 Å². The van der Waals surface area contributed by atoms with Crippen LogP contribution < -0.4 is 5.32 Å². The van der Waals surface area contributed by atoms with E-state index in [0.29, 0.717) is 18.9 Å². The van der Waals surface area contributed by atoms with E-state index in [4.69, 9.17) is 5.11 Å². The molecular weight excluding hydrogens is 232 g/mol. The van der Waals surface area contributed by atoms with Gasteiger partial charge in [-0.1, -0.05) is 25.7 Å². The maximum absolute atomic E-state index is 11.7. The van der Waals surface area contributed by atoms with Gasteiger partial charge in [0.05, 0.1) is 0 Å².